The number of pyridine rings is 1. The highest BCUT2D eigenvalue weighted by Crippen LogP contribution is 2.16. The number of halogens is 1. The fraction of sp³-hybridized carbons (Fsp3) is 0.143. The van der Waals surface area contributed by atoms with E-state index in [0.29, 0.717) is 5.56 Å². The first kappa shape index (κ1) is 13.5. The number of carbonyl (C=O) groups is 1. The molecule has 1 atom stereocenters. The van der Waals surface area contributed by atoms with Gasteiger partial charge in [-0.05, 0) is 30.7 Å². The lowest BCUT2D eigenvalue weighted by Gasteiger charge is -2.14. The number of benzene rings is 1. The molecule has 1 aromatic carbocycles. The van der Waals surface area contributed by atoms with Crippen molar-refractivity contribution < 1.29 is 4.79 Å². The lowest BCUT2D eigenvalue weighted by molar-refractivity contribution is 0.0939. The summed E-state index contributed by atoms with van der Waals surface area (Å²) in [5, 5.41) is 2.88. The van der Waals surface area contributed by atoms with Crippen molar-refractivity contribution in [2.24, 2.45) is 0 Å². The van der Waals surface area contributed by atoms with Gasteiger partial charge < -0.3 is 10.3 Å². The van der Waals surface area contributed by atoms with Crippen molar-refractivity contribution in [2.75, 3.05) is 0 Å². The summed E-state index contributed by atoms with van der Waals surface area (Å²) in [5.41, 5.74) is 1.22. The van der Waals surface area contributed by atoms with Gasteiger partial charge in [0.2, 0.25) is 5.56 Å². The van der Waals surface area contributed by atoms with E-state index in [4.69, 9.17) is 0 Å². The highest BCUT2D eigenvalue weighted by molar-refractivity contribution is 9.10. The molecule has 0 aliphatic rings. The summed E-state index contributed by atoms with van der Waals surface area (Å²) in [4.78, 5) is 25.4. The van der Waals surface area contributed by atoms with Crippen molar-refractivity contribution in [3.8, 4) is 0 Å². The number of hydrogen-bond donors (Lipinski definition) is 2. The standard InChI is InChI=1S/C14H13BrN2O2/c1-9(10-2-5-12(15)6-3-10)17-14(19)11-4-7-13(18)16-8-11/h2-9H,1H3,(H,16,18)(H,17,19)/t9-/m0/s1. The van der Waals surface area contributed by atoms with Crippen LogP contribution in [0.4, 0.5) is 0 Å². The molecule has 1 aromatic heterocycles. The molecule has 98 valence electrons. The molecule has 5 heteroatoms. The van der Waals surface area contributed by atoms with Crippen LogP contribution in [0.3, 0.4) is 0 Å². The van der Waals surface area contributed by atoms with E-state index >= 15 is 0 Å². The minimum absolute atomic E-state index is 0.104. The zero-order valence-electron chi connectivity index (χ0n) is 10.3. The molecule has 0 aliphatic heterocycles. The average molecular weight is 321 g/mol. The van der Waals surface area contributed by atoms with E-state index < -0.39 is 0 Å². The van der Waals surface area contributed by atoms with Crippen LogP contribution in [0.15, 0.2) is 51.9 Å². The minimum Gasteiger partial charge on any atom is -0.345 e. The molecule has 2 N–H and O–H groups in total. The average Bonchev–Trinajstić information content (AvgIpc) is 2.40. The van der Waals surface area contributed by atoms with Crippen molar-refractivity contribution in [2.45, 2.75) is 13.0 Å². The van der Waals surface area contributed by atoms with Crippen molar-refractivity contribution in [1.82, 2.24) is 10.3 Å². The van der Waals surface area contributed by atoms with Crippen LogP contribution in [0, 0.1) is 0 Å². The first-order chi connectivity index (χ1) is 9.06. The Morgan fingerprint density at radius 1 is 1.21 bits per heavy atom. The number of H-pyrrole nitrogens is 1. The number of rotatable bonds is 3. The fourth-order valence-corrected chi connectivity index (χ4v) is 1.93. The van der Waals surface area contributed by atoms with Crippen molar-refractivity contribution in [1.29, 1.82) is 0 Å². The molecule has 0 spiro atoms. The molecule has 2 aromatic rings. The molecule has 0 radical (unpaired) electrons. The maximum Gasteiger partial charge on any atom is 0.253 e. The van der Waals surface area contributed by atoms with Gasteiger partial charge in [-0.25, -0.2) is 0 Å². The quantitative estimate of drug-likeness (QED) is 0.913. The van der Waals surface area contributed by atoms with Gasteiger partial charge in [0, 0.05) is 16.7 Å². The number of hydrogen-bond acceptors (Lipinski definition) is 2. The van der Waals surface area contributed by atoms with Crippen LogP contribution in [-0.2, 0) is 0 Å². The number of amides is 1. The van der Waals surface area contributed by atoms with Crippen LogP contribution in [0.1, 0.15) is 28.9 Å². The Morgan fingerprint density at radius 3 is 2.47 bits per heavy atom. The van der Waals surface area contributed by atoms with Gasteiger partial charge in [0.25, 0.3) is 5.91 Å². The summed E-state index contributed by atoms with van der Waals surface area (Å²) < 4.78 is 0.996. The monoisotopic (exact) mass is 320 g/mol. The third-order valence-corrected chi connectivity index (χ3v) is 3.29. The molecule has 2 rings (SSSR count). The molecule has 1 heterocycles. The lowest BCUT2D eigenvalue weighted by Crippen LogP contribution is -2.27. The third-order valence-electron chi connectivity index (χ3n) is 2.76. The van der Waals surface area contributed by atoms with Crippen LogP contribution in [0.2, 0.25) is 0 Å². The number of carbonyl (C=O) groups excluding carboxylic acids is 1. The third kappa shape index (κ3) is 3.54. The second-order valence-electron chi connectivity index (χ2n) is 4.19. The molecule has 4 nitrogen and oxygen atoms in total. The molecule has 0 saturated heterocycles. The zero-order valence-corrected chi connectivity index (χ0v) is 11.9. The Bertz CT molecular complexity index is 614. The summed E-state index contributed by atoms with van der Waals surface area (Å²) in [6.07, 6.45) is 1.41. The van der Waals surface area contributed by atoms with Gasteiger partial charge in [-0.2, -0.15) is 0 Å². The van der Waals surface area contributed by atoms with Crippen molar-refractivity contribution in [3.05, 3.63) is 68.5 Å². The second kappa shape index (κ2) is 5.84. The normalized spacial score (nSPS) is 11.9. The van der Waals surface area contributed by atoms with Crippen LogP contribution >= 0.6 is 15.9 Å². The maximum atomic E-state index is 12.0. The van der Waals surface area contributed by atoms with Crippen LogP contribution in [0.25, 0.3) is 0 Å². The van der Waals surface area contributed by atoms with Crippen molar-refractivity contribution in [3.63, 3.8) is 0 Å². The molecule has 0 unspecified atom stereocenters. The van der Waals surface area contributed by atoms with Gasteiger partial charge in [0.1, 0.15) is 0 Å². The molecule has 0 aliphatic carbocycles. The van der Waals surface area contributed by atoms with E-state index in [0.717, 1.165) is 10.0 Å². The van der Waals surface area contributed by atoms with Crippen LogP contribution < -0.4 is 10.9 Å². The van der Waals surface area contributed by atoms with E-state index in [-0.39, 0.29) is 17.5 Å². The van der Waals surface area contributed by atoms with Gasteiger partial charge in [-0.15, -0.1) is 0 Å². The predicted octanol–water partition coefficient (Wildman–Crippen LogP) is 2.63. The van der Waals surface area contributed by atoms with Gasteiger partial charge in [-0.1, -0.05) is 28.1 Å². The molecule has 0 saturated carbocycles. The largest absolute Gasteiger partial charge is 0.345 e. The van der Waals surface area contributed by atoms with Gasteiger partial charge in [0.15, 0.2) is 0 Å². The maximum absolute atomic E-state index is 12.0. The van der Waals surface area contributed by atoms with Gasteiger partial charge in [-0.3, -0.25) is 9.59 Å². The van der Waals surface area contributed by atoms with E-state index in [9.17, 15) is 9.59 Å². The smallest absolute Gasteiger partial charge is 0.253 e. The Labute approximate surface area is 119 Å². The van der Waals surface area contributed by atoms with Crippen LogP contribution in [-0.4, -0.2) is 10.9 Å². The highest BCUT2D eigenvalue weighted by Gasteiger charge is 2.11. The summed E-state index contributed by atoms with van der Waals surface area (Å²) in [5.74, 6) is -0.216. The molecular weight excluding hydrogens is 308 g/mol. The highest BCUT2D eigenvalue weighted by atomic mass is 79.9. The van der Waals surface area contributed by atoms with Crippen LogP contribution in [0.5, 0.6) is 0 Å². The van der Waals surface area contributed by atoms with E-state index in [2.05, 4.69) is 26.2 Å². The molecule has 1 amide bonds. The topological polar surface area (TPSA) is 62.0 Å². The van der Waals surface area contributed by atoms with Gasteiger partial charge in [0.05, 0.1) is 11.6 Å². The SMILES string of the molecule is C[C@H](NC(=O)c1ccc(=O)[nH]c1)c1ccc(Br)cc1. The lowest BCUT2D eigenvalue weighted by atomic mass is 10.1. The molecule has 19 heavy (non-hydrogen) atoms. The molecule has 0 fully saturated rings. The Morgan fingerprint density at radius 2 is 1.89 bits per heavy atom. The Kier molecular flexibility index (Phi) is 4.16. The summed E-state index contributed by atoms with van der Waals surface area (Å²) >= 11 is 3.37. The summed E-state index contributed by atoms with van der Waals surface area (Å²) in [7, 11) is 0. The van der Waals surface area contributed by atoms with E-state index in [1.807, 2.05) is 31.2 Å². The van der Waals surface area contributed by atoms with Crippen molar-refractivity contribution >= 4 is 21.8 Å². The zero-order chi connectivity index (χ0) is 13.8. The van der Waals surface area contributed by atoms with E-state index in [1.165, 1.54) is 18.3 Å². The predicted molar refractivity (Wildman–Crippen MR) is 77.1 cm³/mol. The summed E-state index contributed by atoms with van der Waals surface area (Å²) in [6.45, 7) is 1.91. The fourth-order valence-electron chi connectivity index (χ4n) is 1.67. The second-order valence-corrected chi connectivity index (χ2v) is 5.10. The molecule has 0 bridgehead atoms. The number of aromatic amines is 1. The van der Waals surface area contributed by atoms with E-state index in [1.54, 1.807) is 0 Å². The summed E-state index contributed by atoms with van der Waals surface area (Å²) in [6, 6.07) is 10.5. The van der Waals surface area contributed by atoms with Gasteiger partial charge >= 0.3 is 0 Å². The first-order valence-electron chi connectivity index (χ1n) is 5.81. The number of aromatic nitrogens is 1. The Hall–Kier alpha value is -1.88. The molecular formula is C14H13BrN2O2. The Balaban J connectivity index is 2.08. The first-order valence-corrected chi connectivity index (χ1v) is 6.60. The minimum atomic E-state index is -0.225. The number of nitrogens with one attached hydrogen (secondary N) is 2.